The van der Waals surface area contributed by atoms with Crippen LogP contribution in [0, 0.1) is 11.3 Å². The molecule has 0 spiro atoms. The highest BCUT2D eigenvalue weighted by molar-refractivity contribution is 7.89. The van der Waals surface area contributed by atoms with E-state index in [4.69, 9.17) is 5.26 Å². The molecule has 0 radical (unpaired) electrons. The summed E-state index contributed by atoms with van der Waals surface area (Å²) in [4.78, 5) is 10.6. The van der Waals surface area contributed by atoms with E-state index in [1.54, 1.807) is 0 Å². The van der Waals surface area contributed by atoms with E-state index < -0.39 is 10.0 Å². The second kappa shape index (κ2) is 7.90. The minimum absolute atomic E-state index is 0.155. The fourth-order valence-electron chi connectivity index (χ4n) is 2.97. The minimum Gasteiger partial charge on any atom is -0.367 e. The number of nitriles is 1. The largest absolute Gasteiger partial charge is 0.367 e. The Bertz CT molecular complexity index is 929. The lowest BCUT2D eigenvalue weighted by Crippen LogP contribution is -2.42. The summed E-state index contributed by atoms with van der Waals surface area (Å²) in [6.07, 6.45) is 2.90. The number of aromatic nitrogens is 2. The first kappa shape index (κ1) is 19.1. The van der Waals surface area contributed by atoms with Gasteiger partial charge in [-0.2, -0.15) is 9.57 Å². The quantitative estimate of drug-likeness (QED) is 0.834. The molecule has 0 atom stereocenters. The van der Waals surface area contributed by atoms with Crippen molar-refractivity contribution in [2.24, 2.45) is 0 Å². The zero-order chi connectivity index (χ0) is 19.4. The highest BCUT2D eigenvalue weighted by Gasteiger charge is 2.29. The molecule has 1 aromatic carbocycles. The van der Waals surface area contributed by atoms with Crippen LogP contribution in [-0.4, -0.2) is 55.9 Å². The van der Waals surface area contributed by atoms with Crippen LogP contribution in [0.1, 0.15) is 18.4 Å². The molecule has 2 heterocycles. The smallest absolute Gasteiger partial charge is 0.243 e. The Kier molecular flexibility index (Phi) is 5.58. The summed E-state index contributed by atoms with van der Waals surface area (Å²) in [5, 5.41) is 12.2. The maximum Gasteiger partial charge on any atom is 0.243 e. The van der Waals surface area contributed by atoms with E-state index in [1.165, 1.54) is 34.9 Å². The van der Waals surface area contributed by atoms with Crippen molar-refractivity contribution in [2.45, 2.75) is 23.8 Å². The SMILES string of the molecule is CN(C)c1cc(NC2CCN(S(=O)(=O)c3ccc(C#N)cc3)CC2)ncn1. The number of nitrogens with zero attached hydrogens (tertiary/aromatic N) is 5. The van der Waals surface area contributed by atoms with E-state index >= 15 is 0 Å². The number of benzene rings is 1. The fourth-order valence-corrected chi connectivity index (χ4v) is 4.44. The monoisotopic (exact) mass is 386 g/mol. The van der Waals surface area contributed by atoms with Crippen LogP contribution in [0.5, 0.6) is 0 Å². The van der Waals surface area contributed by atoms with E-state index in [9.17, 15) is 8.42 Å². The topological polar surface area (TPSA) is 102 Å². The van der Waals surface area contributed by atoms with Gasteiger partial charge >= 0.3 is 0 Å². The Morgan fingerprint density at radius 1 is 1.19 bits per heavy atom. The van der Waals surface area contributed by atoms with Crippen LogP contribution in [0.25, 0.3) is 0 Å². The van der Waals surface area contributed by atoms with Crippen molar-refractivity contribution in [2.75, 3.05) is 37.4 Å². The molecule has 142 valence electrons. The predicted molar refractivity (Wildman–Crippen MR) is 103 cm³/mol. The third-order valence-corrected chi connectivity index (χ3v) is 6.45. The standard InChI is InChI=1S/C18H22N6O2S/c1-23(2)18-11-17(20-13-21-18)22-15-7-9-24(10-8-15)27(25,26)16-5-3-14(12-19)4-6-16/h3-6,11,13,15H,7-10H2,1-2H3,(H,20,21,22). The Morgan fingerprint density at radius 3 is 2.44 bits per heavy atom. The normalized spacial score (nSPS) is 15.9. The van der Waals surface area contributed by atoms with Gasteiger partial charge in [0.1, 0.15) is 18.0 Å². The second-order valence-corrected chi connectivity index (χ2v) is 8.55. The van der Waals surface area contributed by atoms with Crippen LogP contribution >= 0.6 is 0 Å². The van der Waals surface area contributed by atoms with Crippen LogP contribution < -0.4 is 10.2 Å². The van der Waals surface area contributed by atoms with Crippen molar-refractivity contribution >= 4 is 21.7 Å². The Hall–Kier alpha value is -2.70. The van der Waals surface area contributed by atoms with Gasteiger partial charge in [0.15, 0.2) is 0 Å². The maximum absolute atomic E-state index is 12.8. The molecule has 0 saturated carbocycles. The van der Waals surface area contributed by atoms with E-state index in [-0.39, 0.29) is 10.9 Å². The van der Waals surface area contributed by atoms with Crippen molar-refractivity contribution < 1.29 is 8.42 Å². The molecular weight excluding hydrogens is 364 g/mol. The van der Waals surface area contributed by atoms with Crippen LogP contribution in [0.2, 0.25) is 0 Å². The van der Waals surface area contributed by atoms with Crippen LogP contribution in [0.15, 0.2) is 41.6 Å². The predicted octanol–water partition coefficient (Wildman–Crippen LogP) is 1.68. The number of piperidine rings is 1. The summed E-state index contributed by atoms with van der Waals surface area (Å²) in [5.41, 5.74) is 0.443. The molecule has 2 aromatic rings. The summed E-state index contributed by atoms with van der Waals surface area (Å²) >= 11 is 0. The molecule has 0 unspecified atom stereocenters. The molecule has 1 saturated heterocycles. The van der Waals surface area contributed by atoms with Crippen molar-refractivity contribution in [1.82, 2.24) is 14.3 Å². The van der Waals surface area contributed by atoms with Gasteiger partial charge in [-0.25, -0.2) is 18.4 Å². The molecule has 0 amide bonds. The fraction of sp³-hybridized carbons (Fsp3) is 0.389. The van der Waals surface area contributed by atoms with Crippen LogP contribution in [0.3, 0.4) is 0 Å². The Balaban J connectivity index is 1.62. The van der Waals surface area contributed by atoms with Gasteiger partial charge in [-0.3, -0.25) is 0 Å². The third kappa shape index (κ3) is 4.35. The molecule has 0 aliphatic carbocycles. The van der Waals surface area contributed by atoms with Crippen molar-refractivity contribution in [3.05, 3.63) is 42.2 Å². The van der Waals surface area contributed by atoms with E-state index in [2.05, 4.69) is 15.3 Å². The number of rotatable bonds is 5. The molecule has 9 heteroatoms. The molecule has 27 heavy (non-hydrogen) atoms. The molecule has 0 bridgehead atoms. The van der Waals surface area contributed by atoms with Gasteiger partial charge in [0, 0.05) is 39.3 Å². The molecule has 8 nitrogen and oxygen atoms in total. The lowest BCUT2D eigenvalue weighted by atomic mass is 10.1. The van der Waals surface area contributed by atoms with E-state index in [0.717, 1.165) is 11.6 Å². The molecule has 1 aromatic heterocycles. The van der Waals surface area contributed by atoms with Crippen LogP contribution in [0.4, 0.5) is 11.6 Å². The first-order valence-corrected chi connectivity index (χ1v) is 10.1. The first-order chi connectivity index (χ1) is 12.9. The molecule has 1 aliphatic rings. The number of anilines is 2. The highest BCUT2D eigenvalue weighted by Crippen LogP contribution is 2.23. The first-order valence-electron chi connectivity index (χ1n) is 8.66. The van der Waals surface area contributed by atoms with Crippen molar-refractivity contribution in [1.29, 1.82) is 5.26 Å². The summed E-state index contributed by atoms with van der Waals surface area (Å²) in [6, 6.07) is 10.1. The molecule has 1 fully saturated rings. The van der Waals surface area contributed by atoms with Gasteiger partial charge in [0.2, 0.25) is 10.0 Å². The van der Waals surface area contributed by atoms with Gasteiger partial charge in [-0.05, 0) is 37.1 Å². The number of sulfonamides is 1. The molecule has 1 N–H and O–H groups in total. The number of hydrogen-bond donors (Lipinski definition) is 1. The molecule has 3 rings (SSSR count). The Labute approximate surface area is 159 Å². The van der Waals surface area contributed by atoms with Gasteiger partial charge < -0.3 is 10.2 Å². The summed E-state index contributed by atoms with van der Waals surface area (Å²) in [6.45, 7) is 0.872. The zero-order valence-corrected chi connectivity index (χ0v) is 16.1. The van der Waals surface area contributed by atoms with Gasteiger partial charge in [-0.1, -0.05) is 0 Å². The second-order valence-electron chi connectivity index (χ2n) is 6.61. The highest BCUT2D eigenvalue weighted by atomic mass is 32.2. The molecule has 1 aliphatic heterocycles. The van der Waals surface area contributed by atoms with Crippen LogP contribution in [-0.2, 0) is 10.0 Å². The average Bonchev–Trinajstić information content (AvgIpc) is 2.68. The Morgan fingerprint density at radius 2 is 1.85 bits per heavy atom. The van der Waals surface area contributed by atoms with Gasteiger partial charge in [-0.15, -0.1) is 0 Å². The third-order valence-electron chi connectivity index (χ3n) is 4.54. The summed E-state index contributed by atoms with van der Waals surface area (Å²) in [7, 11) is 0.293. The van der Waals surface area contributed by atoms with Gasteiger partial charge in [0.05, 0.1) is 16.5 Å². The minimum atomic E-state index is -3.54. The lowest BCUT2D eigenvalue weighted by molar-refractivity contribution is 0.329. The van der Waals surface area contributed by atoms with Crippen molar-refractivity contribution in [3.8, 4) is 6.07 Å². The summed E-state index contributed by atoms with van der Waals surface area (Å²) in [5.74, 6) is 1.55. The van der Waals surface area contributed by atoms with E-state index in [1.807, 2.05) is 31.1 Å². The van der Waals surface area contributed by atoms with E-state index in [0.29, 0.717) is 31.5 Å². The zero-order valence-electron chi connectivity index (χ0n) is 15.3. The lowest BCUT2D eigenvalue weighted by Gasteiger charge is -2.32. The average molecular weight is 386 g/mol. The maximum atomic E-state index is 12.8. The van der Waals surface area contributed by atoms with Crippen molar-refractivity contribution in [3.63, 3.8) is 0 Å². The number of nitrogens with one attached hydrogen (secondary N) is 1. The van der Waals surface area contributed by atoms with Gasteiger partial charge in [0.25, 0.3) is 0 Å². The number of hydrogen-bond acceptors (Lipinski definition) is 7. The summed E-state index contributed by atoms with van der Waals surface area (Å²) < 4.78 is 27.0. The molecular formula is C18H22N6O2S.